The molecule has 328 valence electrons. The Morgan fingerprint density at radius 3 is 2.50 bits per heavy atom. The van der Waals surface area contributed by atoms with Crippen LogP contribution in [0.5, 0.6) is 0 Å². The molecule has 6 atom stereocenters. The van der Waals surface area contributed by atoms with E-state index >= 15 is 0 Å². The highest BCUT2D eigenvalue weighted by Crippen LogP contribution is 2.37. The number of azide groups is 1. The van der Waals surface area contributed by atoms with Gasteiger partial charge in [0.2, 0.25) is 11.8 Å². The first kappa shape index (κ1) is 46.2. The van der Waals surface area contributed by atoms with Crippen LogP contribution in [0.3, 0.4) is 0 Å². The number of benzene rings is 2. The number of hydrogen-bond acceptors (Lipinski definition) is 12. The molecule has 0 aromatic heterocycles. The standard InChI is InChI=1S/C42H62N10O8/c43-49-48-34-13-14-35(37(28-34)52(58)59)44-17-21-60-22-18-46-40(54)25-31(11-12-32(27-42(56)57)26-41(55)47-33-8-2-1-3-9-33)24-39(53)45-16-6-7-30-15-20-51-29-50-19-5-4-10-36(50)38(51)23-30/h1-3,8-9,13-14,28,30-32,36,38-39,44-45,53H,4-7,10-12,15-27,29H2,(H,46,54)(H,47,55)(H,56,57)/t30?,31?,32?,36?,38?,39-/m1/s1. The molecule has 60 heavy (non-hydrogen) atoms. The topological polar surface area (TPSA) is 247 Å². The number of aliphatic hydroxyl groups excluding tert-OH is 1. The largest absolute Gasteiger partial charge is 0.481 e. The summed E-state index contributed by atoms with van der Waals surface area (Å²) in [5.74, 6) is -1.58. The van der Waals surface area contributed by atoms with Gasteiger partial charge < -0.3 is 30.9 Å². The van der Waals surface area contributed by atoms with Crippen molar-refractivity contribution in [3.63, 3.8) is 0 Å². The van der Waals surface area contributed by atoms with Gasteiger partial charge in [-0.1, -0.05) is 35.8 Å². The number of nitrogens with zero attached hydrogens (tertiary/aromatic N) is 6. The molecule has 3 aliphatic rings. The molecule has 0 radical (unpaired) electrons. The third-order valence-electron chi connectivity index (χ3n) is 12.0. The number of fused-ring (bicyclic) bond motifs is 3. The smallest absolute Gasteiger partial charge is 0.303 e. The van der Waals surface area contributed by atoms with Gasteiger partial charge in [0.05, 0.1) is 24.8 Å². The summed E-state index contributed by atoms with van der Waals surface area (Å²) in [7, 11) is 0. The summed E-state index contributed by atoms with van der Waals surface area (Å²) in [6.45, 7) is 5.02. The first-order valence-corrected chi connectivity index (χ1v) is 21.5. The first-order valence-electron chi connectivity index (χ1n) is 21.5. The maximum absolute atomic E-state index is 13.2. The monoisotopic (exact) mass is 834 g/mol. The molecule has 0 saturated carbocycles. The van der Waals surface area contributed by atoms with Gasteiger partial charge in [-0.2, -0.15) is 0 Å². The summed E-state index contributed by atoms with van der Waals surface area (Å²) in [4.78, 5) is 56.7. The minimum absolute atomic E-state index is 0.0140. The number of aliphatic hydroxyl groups is 1. The number of ether oxygens (including phenoxy) is 1. The van der Waals surface area contributed by atoms with E-state index in [1.807, 2.05) is 6.07 Å². The molecule has 6 N–H and O–H groups in total. The number of rotatable bonds is 26. The van der Waals surface area contributed by atoms with Crippen molar-refractivity contribution in [2.75, 3.05) is 63.2 Å². The predicted molar refractivity (Wildman–Crippen MR) is 227 cm³/mol. The molecule has 0 bridgehead atoms. The van der Waals surface area contributed by atoms with E-state index in [4.69, 9.17) is 10.3 Å². The van der Waals surface area contributed by atoms with Crippen LogP contribution in [0.25, 0.3) is 10.4 Å². The zero-order chi connectivity index (χ0) is 42.7. The molecule has 3 saturated heterocycles. The van der Waals surface area contributed by atoms with Gasteiger partial charge in [-0.05, 0) is 112 Å². The molecule has 0 aliphatic carbocycles. The lowest BCUT2D eigenvalue weighted by molar-refractivity contribution is -0.383. The molecule has 18 heteroatoms. The van der Waals surface area contributed by atoms with E-state index in [0.29, 0.717) is 49.5 Å². The van der Waals surface area contributed by atoms with Gasteiger partial charge in [0.15, 0.2) is 0 Å². The van der Waals surface area contributed by atoms with Gasteiger partial charge in [0.1, 0.15) is 11.9 Å². The van der Waals surface area contributed by atoms with Crippen LogP contribution in [-0.4, -0.2) is 114 Å². The quantitative estimate of drug-likeness (QED) is 0.0122. The fraction of sp³-hybridized carbons (Fsp3) is 0.643. The van der Waals surface area contributed by atoms with E-state index in [1.54, 1.807) is 24.3 Å². The van der Waals surface area contributed by atoms with Crippen molar-refractivity contribution >= 4 is 40.5 Å². The number of amides is 2. The van der Waals surface area contributed by atoms with Gasteiger partial charge in [-0.3, -0.25) is 39.6 Å². The zero-order valence-electron chi connectivity index (χ0n) is 34.5. The molecule has 2 aromatic carbocycles. The molecule has 5 unspecified atom stereocenters. The number of carboxylic acid groups (broad SMARTS) is 1. The van der Waals surface area contributed by atoms with Crippen LogP contribution in [0.15, 0.2) is 53.6 Å². The van der Waals surface area contributed by atoms with Gasteiger partial charge in [0, 0.05) is 73.3 Å². The maximum atomic E-state index is 13.2. The van der Waals surface area contributed by atoms with E-state index in [1.165, 1.54) is 56.8 Å². The Kier molecular flexibility index (Phi) is 18.8. The number of para-hydroxylation sites is 1. The summed E-state index contributed by atoms with van der Waals surface area (Å²) in [5.41, 5.74) is 9.37. The summed E-state index contributed by atoms with van der Waals surface area (Å²) in [5, 5.41) is 47.5. The number of anilines is 2. The molecular formula is C42H62N10O8. The third kappa shape index (κ3) is 15.3. The molecule has 3 fully saturated rings. The lowest BCUT2D eigenvalue weighted by atomic mass is 9.83. The Morgan fingerprint density at radius 1 is 0.950 bits per heavy atom. The number of carboxylic acids is 1. The maximum Gasteiger partial charge on any atom is 0.303 e. The van der Waals surface area contributed by atoms with Gasteiger partial charge in [0.25, 0.3) is 5.69 Å². The number of nitro groups is 1. The Labute approximate surface area is 351 Å². The van der Waals surface area contributed by atoms with Crippen LogP contribution in [0.1, 0.15) is 83.5 Å². The van der Waals surface area contributed by atoms with Crippen LogP contribution in [0.2, 0.25) is 0 Å². The highest BCUT2D eigenvalue weighted by molar-refractivity contribution is 5.91. The number of aliphatic carboxylic acids is 1. The number of carbonyl (C=O) groups is 3. The van der Waals surface area contributed by atoms with E-state index in [-0.39, 0.29) is 80.4 Å². The fourth-order valence-corrected chi connectivity index (χ4v) is 9.07. The summed E-state index contributed by atoms with van der Waals surface area (Å²) < 4.78 is 5.61. The highest BCUT2D eigenvalue weighted by Gasteiger charge is 2.43. The minimum atomic E-state index is -1.00. The van der Waals surface area contributed by atoms with Crippen LogP contribution in [-0.2, 0) is 19.1 Å². The first-order chi connectivity index (χ1) is 29.1. The Morgan fingerprint density at radius 2 is 1.72 bits per heavy atom. The third-order valence-corrected chi connectivity index (χ3v) is 12.0. The SMILES string of the molecule is [N-]=[N+]=Nc1ccc(NCCOCCNC(=O)CC(CCC(CC(=O)O)CC(=O)Nc2ccccc2)C[C@@H](O)NCCCC2CCN3CN4CCCCC4C3C2)c([N+](=O)[O-])c1. The fourth-order valence-electron chi connectivity index (χ4n) is 9.07. The van der Waals surface area contributed by atoms with Gasteiger partial charge >= 0.3 is 5.97 Å². The number of piperidine rings is 2. The summed E-state index contributed by atoms with van der Waals surface area (Å²) in [6.07, 6.45) is 8.64. The molecular weight excluding hydrogens is 773 g/mol. The molecule has 5 rings (SSSR count). The molecule has 0 spiro atoms. The zero-order valence-corrected chi connectivity index (χ0v) is 34.5. The van der Waals surface area contributed by atoms with Crippen LogP contribution in [0, 0.1) is 27.9 Å². The van der Waals surface area contributed by atoms with Gasteiger partial charge in [-0.25, -0.2) is 0 Å². The highest BCUT2D eigenvalue weighted by atomic mass is 16.6. The second-order valence-corrected chi connectivity index (χ2v) is 16.4. The molecule has 2 aromatic rings. The van der Waals surface area contributed by atoms with Crippen LogP contribution < -0.4 is 21.3 Å². The van der Waals surface area contributed by atoms with Crippen molar-refractivity contribution in [1.29, 1.82) is 0 Å². The Hall–Kier alpha value is -4.84. The number of hydrogen-bond donors (Lipinski definition) is 6. The van der Waals surface area contributed by atoms with Crippen LogP contribution in [0.4, 0.5) is 22.7 Å². The van der Waals surface area contributed by atoms with E-state index < -0.39 is 23.0 Å². The van der Waals surface area contributed by atoms with Gasteiger partial charge in [-0.15, -0.1) is 0 Å². The van der Waals surface area contributed by atoms with Crippen molar-refractivity contribution in [2.24, 2.45) is 22.9 Å². The molecule has 3 aliphatic heterocycles. The minimum Gasteiger partial charge on any atom is -0.481 e. The normalized spacial score (nSPS) is 20.4. The van der Waals surface area contributed by atoms with Crippen molar-refractivity contribution in [1.82, 2.24) is 20.4 Å². The van der Waals surface area contributed by atoms with Crippen molar-refractivity contribution in [3.8, 4) is 0 Å². The second-order valence-electron chi connectivity index (χ2n) is 16.4. The van der Waals surface area contributed by atoms with Crippen molar-refractivity contribution in [2.45, 2.75) is 102 Å². The predicted octanol–water partition coefficient (Wildman–Crippen LogP) is 5.97. The molecule has 2 amide bonds. The van der Waals surface area contributed by atoms with Crippen molar-refractivity contribution < 1.29 is 34.3 Å². The summed E-state index contributed by atoms with van der Waals surface area (Å²) in [6, 6.07) is 14.4. The average molecular weight is 835 g/mol. The Bertz CT molecular complexity index is 1750. The number of nitro benzene ring substituents is 1. The number of nitrogens with one attached hydrogen (secondary N) is 4. The average Bonchev–Trinajstić information content (AvgIpc) is 3.59. The number of carbonyl (C=O) groups excluding carboxylic acids is 2. The van der Waals surface area contributed by atoms with E-state index in [9.17, 15) is 34.7 Å². The lowest BCUT2D eigenvalue weighted by Crippen LogP contribution is -2.44. The lowest BCUT2D eigenvalue weighted by Gasteiger charge is -2.37. The van der Waals surface area contributed by atoms with Crippen molar-refractivity contribution in [3.05, 3.63) is 69.1 Å². The molecule has 3 heterocycles. The van der Waals surface area contributed by atoms with E-state index in [2.05, 4.69) is 41.1 Å². The Balaban J connectivity index is 1.06. The molecule has 18 nitrogen and oxygen atoms in total. The summed E-state index contributed by atoms with van der Waals surface area (Å²) >= 11 is 0. The van der Waals surface area contributed by atoms with Crippen LogP contribution >= 0.6 is 0 Å². The van der Waals surface area contributed by atoms with E-state index in [0.717, 1.165) is 26.1 Å². The second kappa shape index (κ2) is 24.4.